The molecule has 0 saturated carbocycles. The first-order valence-electron chi connectivity index (χ1n) is 13.0. The second-order valence-corrected chi connectivity index (χ2v) is 12.6. The number of piperidine rings is 1. The number of hydrogen-bond acceptors (Lipinski definition) is 5. The number of fused-ring (bicyclic) bond motifs is 1. The van der Waals surface area contributed by atoms with Crippen LogP contribution in [-0.4, -0.2) is 52.2 Å². The van der Waals surface area contributed by atoms with Gasteiger partial charge in [-0.2, -0.15) is 18.3 Å². The third kappa shape index (κ3) is 6.17. The molecule has 1 atom stereocenters. The van der Waals surface area contributed by atoms with E-state index in [1.807, 2.05) is 20.1 Å². The molecule has 0 spiro atoms. The van der Waals surface area contributed by atoms with Gasteiger partial charge < -0.3 is 10.6 Å². The van der Waals surface area contributed by atoms with Crippen LogP contribution in [0.15, 0.2) is 23.2 Å². The molecule has 1 aromatic heterocycles. The number of likely N-dealkylation sites (tertiary alicyclic amines) is 1. The Morgan fingerprint density at radius 1 is 1.24 bits per heavy atom. The first-order valence-corrected chi connectivity index (χ1v) is 13.0. The predicted molar refractivity (Wildman–Crippen MR) is 140 cm³/mol. The third-order valence-electron chi connectivity index (χ3n) is 6.97. The van der Waals surface area contributed by atoms with Crippen molar-refractivity contribution in [2.75, 3.05) is 19.6 Å². The molecule has 1 amide bonds. The summed E-state index contributed by atoms with van der Waals surface area (Å²) in [5, 5.41) is 3.86. The number of ketones is 1. The molecule has 1 aliphatic heterocycles. The fourth-order valence-corrected chi connectivity index (χ4v) is 5.54. The lowest BCUT2D eigenvalue weighted by molar-refractivity contribution is -0.141. The molecule has 4 rings (SSSR count). The van der Waals surface area contributed by atoms with Crippen LogP contribution in [0.4, 0.5) is 18.9 Å². The van der Waals surface area contributed by atoms with Gasteiger partial charge in [-0.3, -0.25) is 14.6 Å². The minimum Gasteiger partial charge on any atom is -0.366 e. The minimum absolute atomic E-state index is 0.0125. The van der Waals surface area contributed by atoms with Gasteiger partial charge in [0.1, 0.15) is 0 Å². The highest BCUT2D eigenvalue weighted by atomic mass is 19.4. The second-order valence-electron chi connectivity index (χ2n) is 12.6. The summed E-state index contributed by atoms with van der Waals surface area (Å²) in [6.07, 6.45) is -0.724. The number of benzene rings is 1. The van der Waals surface area contributed by atoms with Crippen molar-refractivity contribution >= 4 is 23.6 Å². The summed E-state index contributed by atoms with van der Waals surface area (Å²) < 4.78 is 42.8. The monoisotopic (exact) mass is 531 g/mol. The number of halogens is 3. The number of Topliss-reactive ketones (excluding diaryl/α,β-unsaturated/α-hetero) is 1. The van der Waals surface area contributed by atoms with Crippen LogP contribution in [0.1, 0.15) is 86.0 Å². The molecule has 2 aromatic rings. The Morgan fingerprint density at radius 3 is 2.58 bits per heavy atom. The number of nitrogens with zero attached hydrogens (tertiary/aromatic N) is 4. The molecule has 1 aromatic carbocycles. The van der Waals surface area contributed by atoms with Crippen molar-refractivity contribution in [2.24, 2.45) is 27.5 Å². The molecule has 10 heteroatoms. The average Bonchev–Trinajstić information content (AvgIpc) is 3.15. The van der Waals surface area contributed by atoms with Crippen molar-refractivity contribution in [2.45, 2.75) is 66.5 Å². The lowest BCUT2D eigenvalue weighted by atomic mass is 9.75. The van der Waals surface area contributed by atoms with Gasteiger partial charge in [-0.05, 0) is 54.8 Å². The van der Waals surface area contributed by atoms with Gasteiger partial charge in [0.25, 0.3) is 5.91 Å². The Kier molecular flexibility index (Phi) is 7.33. The maximum absolute atomic E-state index is 13.9. The zero-order valence-electron chi connectivity index (χ0n) is 22.7. The van der Waals surface area contributed by atoms with E-state index in [9.17, 15) is 22.8 Å². The van der Waals surface area contributed by atoms with Crippen molar-refractivity contribution < 1.29 is 22.8 Å². The Bertz CT molecular complexity index is 1270. The summed E-state index contributed by atoms with van der Waals surface area (Å²) in [6.45, 7) is 13.1. The maximum Gasteiger partial charge on any atom is 0.435 e. The third-order valence-corrected chi connectivity index (χ3v) is 6.97. The summed E-state index contributed by atoms with van der Waals surface area (Å²) in [5.74, 6) is -1.08. The van der Waals surface area contributed by atoms with E-state index in [1.165, 1.54) is 22.9 Å². The normalized spacial score (nSPS) is 20.6. The molecule has 38 heavy (non-hydrogen) atoms. The molecule has 1 unspecified atom stereocenters. The summed E-state index contributed by atoms with van der Waals surface area (Å²) >= 11 is 0. The van der Waals surface area contributed by atoms with Gasteiger partial charge in [0.15, 0.2) is 11.5 Å². The van der Waals surface area contributed by atoms with E-state index >= 15 is 0 Å². The topological polar surface area (TPSA) is 93.6 Å². The summed E-state index contributed by atoms with van der Waals surface area (Å²) in [5.41, 5.74) is 4.63. The van der Waals surface area contributed by atoms with E-state index in [4.69, 9.17) is 5.73 Å². The van der Waals surface area contributed by atoms with Crippen molar-refractivity contribution in [1.82, 2.24) is 14.7 Å². The van der Waals surface area contributed by atoms with Gasteiger partial charge in [0.05, 0.1) is 28.2 Å². The van der Waals surface area contributed by atoms with Gasteiger partial charge in [-0.15, -0.1) is 0 Å². The fraction of sp³-hybridized carbons (Fsp3) is 0.571. The fourth-order valence-electron chi connectivity index (χ4n) is 5.54. The molecule has 1 aliphatic carbocycles. The van der Waals surface area contributed by atoms with Gasteiger partial charge in [-0.25, -0.2) is 4.68 Å². The first kappa shape index (κ1) is 28.0. The van der Waals surface area contributed by atoms with E-state index in [1.54, 1.807) is 0 Å². The summed E-state index contributed by atoms with van der Waals surface area (Å²) in [6, 6.07) is 4.46. The van der Waals surface area contributed by atoms with E-state index in [-0.39, 0.29) is 52.4 Å². The van der Waals surface area contributed by atoms with Gasteiger partial charge in [-0.1, -0.05) is 34.6 Å². The zero-order chi connectivity index (χ0) is 28.0. The van der Waals surface area contributed by atoms with Crippen LogP contribution in [0.3, 0.4) is 0 Å². The molecule has 2 heterocycles. The molecule has 2 aliphatic rings. The number of primary amides is 1. The number of nitrogens with two attached hydrogens (primary N) is 1. The molecule has 7 nitrogen and oxygen atoms in total. The minimum atomic E-state index is -4.78. The van der Waals surface area contributed by atoms with Gasteiger partial charge in [0, 0.05) is 31.6 Å². The maximum atomic E-state index is 13.9. The Morgan fingerprint density at radius 2 is 1.95 bits per heavy atom. The number of aromatic nitrogens is 2. The van der Waals surface area contributed by atoms with Crippen LogP contribution >= 0.6 is 0 Å². The predicted octanol–water partition coefficient (Wildman–Crippen LogP) is 5.61. The highest BCUT2D eigenvalue weighted by molar-refractivity contribution is 6.00. The summed E-state index contributed by atoms with van der Waals surface area (Å²) in [7, 11) is 0. The van der Waals surface area contributed by atoms with Gasteiger partial charge in [0.2, 0.25) is 0 Å². The van der Waals surface area contributed by atoms with Gasteiger partial charge >= 0.3 is 6.18 Å². The van der Waals surface area contributed by atoms with Crippen molar-refractivity contribution in [3.63, 3.8) is 0 Å². The smallest absolute Gasteiger partial charge is 0.366 e. The molecule has 1 saturated heterocycles. The lowest BCUT2D eigenvalue weighted by Crippen LogP contribution is -2.40. The van der Waals surface area contributed by atoms with E-state index in [0.717, 1.165) is 32.5 Å². The zero-order valence-corrected chi connectivity index (χ0v) is 22.7. The van der Waals surface area contributed by atoms with E-state index in [2.05, 4.69) is 35.8 Å². The van der Waals surface area contributed by atoms with Crippen LogP contribution in [0.25, 0.3) is 5.69 Å². The number of carbonyl (C=O) groups excluding carboxylic acids is 2. The Labute approximate surface area is 221 Å². The molecule has 2 N–H and O–H groups in total. The van der Waals surface area contributed by atoms with Crippen LogP contribution in [0, 0.1) is 16.7 Å². The first-order chi connectivity index (χ1) is 17.5. The molecular formula is C28H36F3N5O2. The Balaban J connectivity index is 1.73. The highest BCUT2D eigenvalue weighted by Crippen LogP contribution is 2.42. The lowest BCUT2D eigenvalue weighted by Gasteiger charge is -2.35. The SMILES string of the molecule is CC(C)(C)CN1CCCC(C=Nc2cc(-n3nc(C(F)(F)F)c4c3CC(C)(C)CC4=O)ccc2C(N)=O)C1. The average molecular weight is 532 g/mol. The molecule has 206 valence electrons. The van der Waals surface area contributed by atoms with Crippen LogP contribution < -0.4 is 5.73 Å². The van der Waals surface area contributed by atoms with Crippen molar-refractivity contribution in [3.05, 3.63) is 40.7 Å². The number of rotatable bonds is 5. The van der Waals surface area contributed by atoms with E-state index < -0.39 is 29.0 Å². The number of alkyl halides is 3. The standard InChI is InChI=1S/C28H36F3N5O2/c1-26(2,3)16-35-10-6-7-17(15-35)14-33-20-11-18(8-9-19(20)25(32)38)36-21-12-27(4,5)13-22(37)23(21)24(34-36)28(29,30)31/h8-9,11,14,17H,6-7,10,12-13,15-16H2,1-5H3,(H2,32,38). The number of hydrogen-bond donors (Lipinski definition) is 1. The molecule has 1 fully saturated rings. The van der Waals surface area contributed by atoms with Crippen LogP contribution in [-0.2, 0) is 12.6 Å². The van der Waals surface area contributed by atoms with E-state index in [0.29, 0.717) is 0 Å². The number of carbonyl (C=O) groups is 2. The largest absolute Gasteiger partial charge is 0.435 e. The van der Waals surface area contributed by atoms with Crippen LogP contribution in [0.2, 0.25) is 0 Å². The second kappa shape index (κ2) is 9.94. The quantitative estimate of drug-likeness (QED) is 0.508. The summed E-state index contributed by atoms with van der Waals surface area (Å²) in [4.78, 5) is 31.9. The van der Waals surface area contributed by atoms with Crippen molar-refractivity contribution in [1.29, 1.82) is 0 Å². The molecular weight excluding hydrogens is 495 g/mol. The Hall–Kier alpha value is -3.01. The number of amides is 1. The van der Waals surface area contributed by atoms with Crippen molar-refractivity contribution in [3.8, 4) is 5.69 Å². The molecule has 0 bridgehead atoms. The highest BCUT2D eigenvalue weighted by Gasteiger charge is 2.45. The molecule has 0 radical (unpaired) electrons. The van der Waals surface area contributed by atoms with Crippen LogP contribution in [0.5, 0.6) is 0 Å². The number of aliphatic imine (C=N–C) groups is 1.